The zero-order valence-corrected chi connectivity index (χ0v) is 19.9. The number of hydrogen-bond acceptors (Lipinski definition) is 6. The summed E-state index contributed by atoms with van der Waals surface area (Å²) in [7, 11) is -0.935. The van der Waals surface area contributed by atoms with Crippen LogP contribution in [0.15, 0.2) is 24.3 Å². The van der Waals surface area contributed by atoms with Gasteiger partial charge in [0.05, 0.1) is 29.9 Å². The van der Waals surface area contributed by atoms with E-state index < -0.39 is 9.84 Å². The third-order valence-electron chi connectivity index (χ3n) is 5.84. The van der Waals surface area contributed by atoms with Crippen molar-refractivity contribution in [3.8, 4) is 11.4 Å². The number of nitrogens with zero attached hydrogens (tertiary/aromatic N) is 5. The summed E-state index contributed by atoms with van der Waals surface area (Å²) in [5.74, 6) is 1.17. The van der Waals surface area contributed by atoms with Gasteiger partial charge in [-0.2, -0.15) is 10.1 Å². The molecule has 1 fully saturated rings. The van der Waals surface area contributed by atoms with Gasteiger partial charge in [-0.3, -0.25) is 14.7 Å². The largest absolute Gasteiger partial charge is 0.283 e. The fraction of sp³-hybridized carbons (Fsp3) is 0.476. The van der Waals surface area contributed by atoms with Crippen molar-refractivity contribution in [1.29, 1.82) is 0 Å². The van der Waals surface area contributed by atoms with Gasteiger partial charge in [-0.15, -0.1) is 0 Å². The molecule has 10 heteroatoms. The lowest BCUT2D eigenvalue weighted by atomic mass is 10.1. The SMILES string of the molecule is Cc1ccc(-c2nc(=S)n(CN(C)Cc3c(C)nn(C4CCS(=O)(=O)C4)c3C)[nH]2)cc1. The molecule has 1 atom stereocenters. The first-order valence-electron chi connectivity index (χ1n) is 10.3. The van der Waals surface area contributed by atoms with E-state index in [4.69, 9.17) is 12.2 Å². The third-order valence-corrected chi connectivity index (χ3v) is 7.91. The number of rotatable bonds is 6. The molecule has 0 amide bonds. The van der Waals surface area contributed by atoms with Gasteiger partial charge in [0, 0.05) is 23.4 Å². The molecule has 4 rings (SSSR count). The second kappa shape index (κ2) is 8.33. The molecule has 0 bridgehead atoms. The van der Waals surface area contributed by atoms with Crippen molar-refractivity contribution in [3.63, 3.8) is 0 Å². The summed E-state index contributed by atoms with van der Waals surface area (Å²) >= 11 is 5.45. The molecule has 31 heavy (non-hydrogen) atoms. The van der Waals surface area contributed by atoms with E-state index in [1.54, 1.807) is 0 Å². The maximum atomic E-state index is 11.9. The van der Waals surface area contributed by atoms with Crippen LogP contribution in [0.2, 0.25) is 0 Å². The summed E-state index contributed by atoms with van der Waals surface area (Å²) in [4.78, 5) is 6.64. The van der Waals surface area contributed by atoms with Gasteiger partial charge >= 0.3 is 0 Å². The Labute approximate surface area is 187 Å². The third kappa shape index (κ3) is 4.65. The minimum Gasteiger partial charge on any atom is -0.283 e. The van der Waals surface area contributed by atoms with Crippen molar-refractivity contribution in [2.45, 2.75) is 46.4 Å². The van der Waals surface area contributed by atoms with Crippen LogP contribution in [-0.4, -0.2) is 56.4 Å². The standard InChI is InChI=1S/C21H28N6O2S2/c1-14-5-7-17(8-6-14)20-22-21(30)26(24-20)13-25(4)11-19-15(2)23-27(16(19)3)18-9-10-31(28,29)12-18/h5-8,18H,9-13H2,1-4H3,(H,22,24,30). The number of aromatic nitrogens is 5. The van der Waals surface area contributed by atoms with Crippen LogP contribution in [0.1, 0.15) is 35.0 Å². The first kappa shape index (κ1) is 21.9. The monoisotopic (exact) mass is 460 g/mol. The minimum absolute atomic E-state index is 0.0685. The molecule has 1 aliphatic heterocycles. The highest BCUT2D eigenvalue weighted by molar-refractivity contribution is 7.91. The maximum Gasteiger partial charge on any atom is 0.217 e. The number of aromatic amines is 1. The van der Waals surface area contributed by atoms with Gasteiger partial charge in [0.2, 0.25) is 4.77 Å². The van der Waals surface area contributed by atoms with Crippen LogP contribution in [0.3, 0.4) is 0 Å². The molecule has 3 aromatic rings. The van der Waals surface area contributed by atoms with Crippen LogP contribution in [0, 0.1) is 25.5 Å². The summed E-state index contributed by atoms with van der Waals surface area (Å²) in [6, 6.07) is 8.09. The van der Waals surface area contributed by atoms with Gasteiger partial charge in [0.1, 0.15) is 0 Å². The molecular weight excluding hydrogens is 432 g/mol. The quantitative estimate of drug-likeness (QED) is 0.569. The second-order valence-electron chi connectivity index (χ2n) is 8.46. The smallest absolute Gasteiger partial charge is 0.217 e. The Morgan fingerprint density at radius 3 is 2.58 bits per heavy atom. The molecule has 2 aromatic heterocycles. The molecule has 0 saturated carbocycles. The summed E-state index contributed by atoms with van der Waals surface area (Å²) in [5, 5.41) is 7.96. The van der Waals surface area contributed by atoms with E-state index in [1.165, 1.54) is 5.56 Å². The van der Waals surface area contributed by atoms with Crippen molar-refractivity contribution < 1.29 is 8.42 Å². The number of hydrogen-bond donors (Lipinski definition) is 1. The Kier molecular flexibility index (Phi) is 5.89. The van der Waals surface area contributed by atoms with Crippen LogP contribution in [0.5, 0.6) is 0 Å². The van der Waals surface area contributed by atoms with Crippen LogP contribution in [-0.2, 0) is 23.1 Å². The van der Waals surface area contributed by atoms with Crippen molar-refractivity contribution in [2.24, 2.45) is 0 Å². The average molecular weight is 461 g/mol. The van der Waals surface area contributed by atoms with Gasteiger partial charge < -0.3 is 0 Å². The maximum absolute atomic E-state index is 11.9. The van der Waals surface area contributed by atoms with Crippen LogP contribution in [0.4, 0.5) is 0 Å². The van der Waals surface area contributed by atoms with E-state index in [0.29, 0.717) is 24.4 Å². The van der Waals surface area contributed by atoms with Gasteiger partial charge in [-0.1, -0.05) is 29.8 Å². The Morgan fingerprint density at radius 2 is 1.94 bits per heavy atom. The molecule has 166 valence electrons. The number of H-pyrrole nitrogens is 1. The van der Waals surface area contributed by atoms with Crippen LogP contribution < -0.4 is 0 Å². The lowest BCUT2D eigenvalue weighted by molar-refractivity contribution is 0.243. The molecule has 0 radical (unpaired) electrons. The first-order valence-corrected chi connectivity index (χ1v) is 12.5. The average Bonchev–Trinajstić information content (AvgIpc) is 3.33. The van der Waals surface area contributed by atoms with Gasteiger partial charge in [0.25, 0.3) is 0 Å². The van der Waals surface area contributed by atoms with Crippen LogP contribution in [0.25, 0.3) is 11.4 Å². The predicted octanol–water partition coefficient (Wildman–Crippen LogP) is 3.18. The molecule has 1 N–H and O–H groups in total. The van der Waals surface area contributed by atoms with Gasteiger partial charge in [-0.25, -0.2) is 13.1 Å². The van der Waals surface area contributed by atoms with Crippen molar-refractivity contribution in [2.75, 3.05) is 18.6 Å². The van der Waals surface area contributed by atoms with E-state index in [0.717, 1.165) is 28.3 Å². The zero-order chi connectivity index (χ0) is 22.3. The molecular formula is C21H28N6O2S2. The molecule has 0 spiro atoms. The van der Waals surface area contributed by atoms with E-state index in [2.05, 4.69) is 39.1 Å². The Morgan fingerprint density at radius 1 is 1.23 bits per heavy atom. The van der Waals surface area contributed by atoms with E-state index >= 15 is 0 Å². The van der Waals surface area contributed by atoms with Crippen LogP contribution >= 0.6 is 12.2 Å². The highest BCUT2D eigenvalue weighted by Gasteiger charge is 2.31. The summed E-state index contributed by atoms with van der Waals surface area (Å²) in [6.45, 7) is 7.29. The summed E-state index contributed by atoms with van der Waals surface area (Å²) in [5.41, 5.74) is 5.28. The fourth-order valence-electron chi connectivity index (χ4n) is 4.10. The fourth-order valence-corrected chi connectivity index (χ4v) is 5.99. The predicted molar refractivity (Wildman–Crippen MR) is 123 cm³/mol. The molecule has 0 aliphatic carbocycles. The lowest BCUT2D eigenvalue weighted by Gasteiger charge is -2.18. The molecule has 8 nitrogen and oxygen atoms in total. The molecule has 1 aromatic carbocycles. The molecule has 1 saturated heterocycles. The van der Waals surface area contributed by atoms with Crippen molar-refractivity contribution in [1.82, 2.24) is 29.4 Å². The topological polar surface area (TPSA) is 88.8 Å². The number of sulfone groups is 1. The van der Waals surface area contributed by atoms with Crippen molar-refractivity contribution >= 4 is 22.1 Å². The highest BCUT2D eigenvalue weighted by atomic mass is 32.2. The van der Waals surface area contributed by atoms with Gasteiger partial charge in [0.15, 0.2) is 15.7 Å². The number of aryl methyl sites for hydroxylation is 2. The Balaban J connectivity index is 1.49. The Bertz CT molecular complexity index is 1250. The minimum atomic E-state index is -2.95. The highest BCUT2D eigenvalue weighted by Crippen LogP contribution is 2.27. The lowest BCUT2D eigenvalue weighted by Crippen LogP contribution is -2.23. The summed E-state index contributed by atoms with van der Waals surface area (Å²) in [6.07, 6.45) is 0.630. The van der Waals surface area contributed by atoms with Gasteiger partial charge in [-0.05, 0) is 46.5 Å². The number of nitrogens with one attached hydrogen (secondary N) is 1. The van der Waals surface area contributed by atoms with Crippen molar-refractivity contribution in [3.05, 3.63) is 51.6 Å². The Hall–Kier alpha value is -2.30. The molecule has 1 aliphatic rings. The van der Waals surface area contributed by atoms with E-state index in [-0.39, 0.29) is 17.5 Å². The number of benzene rings is 1. The second-order valence-corrected chi connectivity index (χ2v) is 11.0. The van der Waals surface area contributed by atoms with E-state index in [9.17, 15) is 8.42 Å². The normalized spacial score (nSPS) is 18.2. The zero-order valence-electron chi connectivity index (χ0n) is 18.3. The molecule has 3 heterocycles. The first-order chi connectivity index (χ1) is 14.6. The summed E-state index contributed by atoms with van der Waals surface area (Å²) < 4.78 is 28.0. The molecule has 1 unspecified atom stereocenters. The van der Waals surface area contributed by atoms with E-state index in [1.807, 2.05) is 42.4 Å².